The zero-order valence-electron chi connectivity index (χ0n) is 42.2. The molecule has 2 unspecified atom stereocenters. The fourth-order valence-corrected chi connectivity index (χ4v) is 13.1. The minimum Gasteiger partial charge on any atom is -0.310 e. The van der Waals surface area contributed by atoms with Crippen molar-refractivity contribution in [3.05, 3.63) is 263 Å². The van der Waals surface area contributed by atoms with Crippen molar-refractivity contribution in [2.45, 2.75) is 71.1 Å². The molecule has 0 aliphatic heterocycles. The summed E-state index contributed by atoms with van der Waals surface area (Å²) in [5.41, 5.74) is 23.4. The third kappa shape index (κ3) is 6.98. The number of hydrogen-bond acceptors (Lipinski definition) is 2. The predicted molar refractivity (Wildman–Crippen MR) is 307 cm³/mol. The van der Waals surface area contributed by atoms with Gasteiger partial charge in [-0.1, -0.05) is 173 Å². The van der Waals surface area contributed by atoms with Gasteiger partial charge in [-0.05, 0) is 200 Å². The fraction of sp³-hybridized carbons (Fsp3) is 0.171. The molecule has 0 N–H and O–H groups in total. The Morgan fingerprint density at radius 1 is 0.458 bits per heavy atom. The minimum absolute atomic E-state index is 0.0448. The van der Waals surface area contributed by atoms with Gasteiger partial charge in [0.2, 0.25) is 0 Å². The molecule has 0 spiro atoms. The standard InChI is InChI=1S/C70H60N2/c1-45-57-39-35-56(72(52-19-11-8-12-20-52)54-33-27-48(28-34-54)50-30-38-62-60-22-14-16-24-66(60)70(5,6)68(62)42-50)44-64(57)46(2)58-40-36-55(43-63(45)58)71(51-17-9-7-10-18-51)53-31-25-47(26-32-53)49-29-37-61-59-21-13-15-23-65(59)69(3,4)67(61)41-49/h7-15,17-23,25-44,61,67H,16,24H2,1-6H3. The van der Waals surface area contributed by atoms with E-state index in [2.05, 4.69) is 270 Å². The molecule has 0 radical (unpaired) electrons. The molecule has 9 aromatic rings. The van der Waals surface area contributed by atoms with E-state index in [1.165, 1.54) is 82.8 Å². The van der Waals surface area contributed by atoms with Crippen molar-refractivity contribution in [1.82, 2.24) is 0 Å². The van der Waals surface area contributed by atoms with Crippen molar-refractivity contribution in [1.29, 1.82) is 0 Å². The van der Waals surface area contributed by atoms with Gasteiger partial charge >= 0.3 is 0 Å². The Balaban J connectivity index is 0.833. The monoisotopic (exact) mass is 928 g/mol. The van der Waals surface area contributed by atoms with E-state index >= 15 is 0 Å². The number of benzene rings is 9. The Morgan fingerprint density at radius 2 is 0.986 bits per heavy atom. The summed E-state index contributed by atoms with van der Waals surface area (Å²) in [7, 11) is 0. The van der Waals surface area contributed by atoms with Gasteiger partial charge < -0.3 is 9.80 Å². The lowest BCUT2D eigenvalue weighted by atomic mass is 9.73. The summed E-state index contributed by atoms with van der Waals surface area (Å²) in [6.07, 6.45) is 14.3. The first-order valence-electron chi connectivity index (χ1n) is 26.0. The van der Waals surface area contributed by atoms with E-state index in [0.29, 0.717) is 11.8 Å². The summed E-state index contributed by atoms with van der Waals surface area (Å²) in [5, 5.41) is 5.09. The lowest BCUT2D eigenvalue weighted by Gasteiger charge is -2.31. The van der Waals surface area contributed by atoms with Crippen LogP contribution >= 0.6 is 0 Å². The van der Waals surface area contributed by atoms with Gasteiger partial charge in [-0.3, -0.25) is 0 Å². The van der Waals surface area contributed by atoms with Crippen LogP contribution in [0, 0.1) is 19.8 Å². The van der Waals surface area contributed by atoms with Crippen LogP contribution in [0.25, 0.3) is 43.8 Å². The van der Waals surface area contributed by atoms with Crippen LogP contribution in [0.3, 0.4) is 0 Å². The van der Waals surface area contributed by atoms with Crippen LogP contribution in [0.1, 0.15) is 85.4 Å². The van der Waals surface area contributed by atoms with Crippen molar-refractivity contribution in [2.24, 2.45) is 5.92 Å². The molecular weight excluding hydrogens is 869 g/mol. The molecule has 0 bridgehead atoms. The SMILES string of the molecule is Cc1c2ccc(N(c3ccccc3)c3ccc(-c4ccc5c(c4)C(C)(C)C4=C5C=CCC4)cc3)cc2c(C)c2ccc(N(c3ccccc3)c3ccc(C4=CC5C(C=C4)c4ccccc4C5(C)C)cc3)cc12. The molecule has 0 amide bonds. The highest BCUT2D eigenvalue weighted by molar-refractivity contribution is 6.08. The quantitative estimate of drug-likeness (QED) is 0.140. The van der Waals surface area contributed by atoms with E-state index in [9.17, 15) is 0 Å². The van der Waals surface area contributed by atoms with Crippen LogP contribution in [0.2, 0.25) is 0 Å². The molecule has 0 aromatic heterocycles. The van der Waals surface area contributed by atoms with Gasteiger partial charge in [0.05, 0.1) is 0 Å². The molecule has 72 heavy (non-hydrogen) atoms. The van der Waals surface area contributed by atoms with E-state index in [-0.39, 0.29) is 10.8 Å². The van der Waals surface area contributed by atoms with Crippen LogP contribution in [0.5, 0.6) is 0 Å². The third-order valence-corrected chi connectivity index (χ3v) is 17.1. The molecule has 2 atom stereocenters. The largest absolute Gasteiger partial charge is 0.310 e. The normalized spacial score (nSPS) is 17.9. The first-order valence-corrected chi connectivity index (χ1v) is 26.0. The summed E-state index contributed by atoms with van der Waals surface area (Å²) in [6.45, 7) is 14.2. The van der Waals surface area contributed by atoms with Gasteiger partial charge in [-0.2, -0.15) is 0 Å². The lowest BCUT2D eigenvalue weighted by Crippen LogP contribution is -2.25. The number of aryl methyl sites for hydroxylation is 2. The highest BCUT2D eigenvalue weighted by Gasteiger charge is 2.45. The zero-order valence-corrected chi connectivity index (χ0v) is 42.2. The maximum Gasteiger partial charge on any atom is 0.0468 e. The van der Waals surface area contributed by atoms with Gasteiger partial charge in [0.1, 0.15) is 0 Å². The van der Waals surface area contributed by atoms with E-state index < -0.39 is 0 Å². The number of rotatable bonds is 8. The molecule has 0 saturated heterocycles. The maximum absolute atomic E-state index is 2.53. The van der Waals surface area contributed by atoms with Crippen LogP contribution in [0.4, 0.5) is 34.1 Å². The second-order valence-electron chi connectivity index (χ2n) is 21.7. The second kappa shape index (κ2) is 16.8. The van der Waals surface area contributed by atoms with Crippen molar-refractivity contribution >= 4 is 66.8 Å². The molecular formula is C70H60N2. The molecule has 4 aliphatic rings. The van der Waals surface area contributed by atoms with Crippen molar-refractivity contribution in [3.8, 4) is 11.1 Å². The maximum atomic E-state index is 2.53. The first kappa shape index (κ1) is 44.0. The average molecular weight is 929 g/mol. The molecule has 350 valence electrons. The summed E-state index contributed by atoms with van der Waals surface area (Å²) < 4.78 is 0. The molecule has 2 nitrogen and oxygen atoms in total. The number of fused-ring (bicyclic) bond motifs is 7. The van der Waals surface area contributed by atoms with Crippen molar-refractivity contribution in [3.63, 3.8) is 0 Å². The second-order valence-corrected chi connectivity index (χ2v) is 21.7. The minimum atomic E-state index is 0.0448. The lowest BCUT2D eigenvalue weighted by molar-refractivity contribution is 0.395. The number of anilines is 6. The summed E-state index contributed by atoms with van der Waals surface area (Å²) >= 11 is 0. The van der Waals surface area contributed by atoms with Gasteiger partial charge in [0.15, 0.2) is 0 Å². The molecule has 13 rings (SSSR count). The average Bonchev–Trinajstić information content (AvgIpc) is 3.80. The van der Waals surface area contributed by atoms with Crippen LogP contribution in [0.15, 0.2) is 224 Å². The first-order chi connectivity index (χ1) is 35.0. The van der Waals surface area contributed by atoms with E-state index in [0.717, 1.165) is 47.0 Å². The number of para-hydroxylation sites is 2. The summed E-state index contributed by atoms with van der Waals surface area (Å²) in [5.74, 6) is 0.856. The van der Waals surface area contributed by atoms with Gasteiger partial charge in [0.25, 0.3) is 0 Å². The Labute approximate surface area is 425 Å². The molecule has 0 fully saturated rings. The van der Waals surface area contributed by atoms with E-state index in [1.807, 2.05) is 0 Å². The summed E-state index contributed by atoms with van der Waals surface area (Å²) in [6, 6.07) is 70.2. The molecule has 9 aromatic carbocycles. The highest BCUT2D eigenvalue weighted by atomic mass is 15.1. The topological polar surface area (TPSA) is 6.48 Å². The fourth-order valence-electron chi connectivity index (χ4n) is 13.1. The Bertz CT molecular complexity index is 3750. The van der Waals surface area contributed by atoms with Crippen molar-refractivity contribution < 1.29 is 0 Å². The van der Waals surface area contributed by atoms with E-state index in [1.54, 1.807) is 5.57 Å². The highest BCUT2D eigenvalue weighted by Crippen LogP contribution is 2.55. The molecule has 0 heterocycles. The Hall–Kier alpha value is -7.94. The number of nitrogens with zero attached hydrogens (tertiary/aromatic N) is 2. The third-order valence-electron chi connectivity index (χ3n) is 17.1. The smallest absolute Gasteiger partial charge is 0.0468 e. The van der Waals surface area contributed by atoms with Gasteiger partial charge in [0, 0.05) is 45.5 Å². The van der Waals surface area contributed by atoms with Crippen LogP contribution in [-0.4, -0.2) is 0 Å². The van der Waals surface area contributed by atoms with Crippen LogP contribution in [-0.2, 0) is 10.8 Å². The summed E-state index contributed by atoms with van der Waals surface area (Å²) in [4.78, 5) is 4.80. The van der Waals surface area contributed by atoms with Gasteiger partial charge in [-0.25, -0.2) is 0 Å². The molecule has 2 heteroatoms. The zero-order chi connectivity index (χ0) is 48.9. The van der Waals surface area contributed by atoms with Crippen LogP contribution < -0.4 is 9.80 Å². The predicted octanol–water partition coefficient (Wildman–Crippen LogP) is 19.3. The van der Waals surface area contributed by atoms with E-state index in [4.69, 9.17) is 0 Å². The Kier molecular flexibility index (Phi) is 10.3. The van der Waals surface area contributed by atoms with Gasteiger partial charge in [-0.15, -0.1) is 0 Å². The van der Waals surface area contributed by atoms with Crippen molar-refractivity contribution in [2.75, 3.05) is 9.80 Å². The molecule has 0 saturated carbocycles. The Morgan fingerprint density at radius 3 is 1.60 bits per heavy atom. The number of allylic oxidation sites excluding steroid dienone is 8. The number of hydrogen-bond donors (Lipinski definition) is 0. The molecule has 4 aliphatic carbocycles.